The molecule has 0 saturated heterocycles. The van der Waals surface area contributed by atoms with Crippen molar-refractivity contribution in [3.63, 3.8) is 0 Å². The van der Waals surface area contributed by atoms with Gasteiger partial charge in [-0.2, -0.15) is 0 Å². The molecule has 0 atom stereocenters. The summed E-state index contributed by atoms with van der Waals surface area (Å²) < 4.78 is 0. The molecule has 0 aliphatic heterocycles. The van der Waals surface area contributed by atoms with E-state index in [1.54, 1.807) is 0 Å². The predicted molar refractivity (Wildman–Crippen MR) is 67.6 cm³/mol. The van der Waals surface area contributed by atoms with Crippen LogP contribution in [0.4, 0.5) is 0 Å². The Morgan fingerprint density at radius 2 is 2.12 bits per heavy atom. The second kappa shape index (κ2) is 6.12. The number of benzene rings is 1. The van der Waals surface area contributed by atoms with Crippen LogP contribution in [0.2, 0.25) is 0 Å². The lowest BCUT2D eigenvalue weighted by Crippen LogP contribution is -1.99. The molecule has 1 heteroatoms. The number of Topliss-reactive ketones (excluding diaryl/α,β-unsaturated/α-hetero) is 1. The highest BCUT2D eigenvalue weighted by Crippen LogP contribution is 2.14. The average Bonchev–Trinajstić information content (AvgIpc) is 2.31. The van der Waals surface area contributed by atoms with Crippen LogP contribution in [0.15, 0.2) is 18.2 Å². The molecule has 0 aromatic heterocycles. The van der Waals surface area contributed by atoms with Crippen molar-refractivity contribution < 1.29 is 4.79 Å². The molecule has 0 aliphatic rings. The minimum atomic E-state index is 0.211. The van der Waals surface area contributed by atoms with E-state index < -0.39 is 0 Å². The standard InChI is InChI=1S/C15H18O/c1-4-6-7-8-13-11-14(15(16)5-2)10-9-12(13)3/h9-11H,5,7-8H2,1-3H3. The molecule has 0 aliphatic carbocycles. The van der Waals surface area contributed by atoms with E-state index in [0.717, 1.165) is 18.4 Å². The van der Waals surface area contributed by atoms with Crippen LogP contribution in [0.3, 0.4) is 0 Å². The van der Waals surface area contributed by atoms with Gasteiger partial charge in [0.15, 0.2) is 5.78 Å². The number of ketones is 1. The Balaban J connectivity index is 2.88. The summed E-state index contributed by atoms with van der Waals surface area (Å²) in [5, 5.41) is 0. The van der Waals surface area contributed by atoms with Crippen molar-refractivity contribution in [2.75, 3.05) is 0 Å². The second-order valence-corrected chi connectivity index (χ2v) is 3.84. The summed E-state index contributed by atoms with van der Waals surface area (Å²) in [7, 11) is 0. The molecule has 84 valence electrons. The zero-order valence-corrected chi connectivity index (χ0v) is 10.3. The van der Waals surface area contributed by atoms with E-state index in [1.807, 2.05) is 32.0 Å². The Kier molecular flexibility index (Phi) is 4.79. The Bertz CT molecular complexity index is 432. The van der Waals surface area contributed by atoms with Gasteiger partial charge in [0.1, 0.15) is 0 Å². The Labute approximate surface area is 97.9 Å². The summed E-state index contributed by atoms with van der Waals surface area (Å²) in [6, 6.07) is 5.95. The van der Waals surface area contributed by atoms with Gasteiger partial charge in [0.05, 0.1) is 0 Å². The van der Waals surface area contributed by atoms with Gasteiger partial charge in [-0.3, -0.25) is 4.79 Å². The second-order valence-electron chi connectivity index (χ2n) is 3.84. The van der Waals surface area contributed by atoms with E-state index in [0.29, 0.717) is 6.42 Å². The number of carbonyl (C=O) groups is 1. The summed E-state index contributed by atoms with van der Waals surface area (Å²) in [4.78, 5) is 11.6. The molecule has 0 bridgehead atoms. The first kappa shape index (κ1) is 12.5. The van der Waals surface area contributed by atoms with Crippen molar-refractivity contribution in [1.82, 2.24) is 0 Å². The Morgan fingerprint density at radius 1 is 1.38 bits per heavy atom. The van der Waals surface area contributed by atoms with Crippen LogP contribution in [-0.2, 0) is 6.42 Å². The molecule has 0 N–H and O–H groups in total. The monoisotopic (exact) mass is 214 g/mol. The lowest BCUT2D eigenvalue weighted by Gasteiger charge is -2.06. The van der Waals surface area contributed by atoms with E-state index in [-0.39, 0.29) is 5.78 Å². The van der Waals surface area contributed by atoms with Gasteiger partial charge in [0.25, 0.3) is 0 Å². The topological polar surface area (TPSA) is 17.1 Å². The molecule has 0 heterocycles. The first-order valence-corrected chi connectivity index (χ1v) is 5.71. The van der Waals surface area contributed by atoms with Gasteiger partial charge in [-0.1, -0.05) is 19.1 Å². The molecule has 1 nitrogen and oxygen atoms in total. The van der Waals surface area contributed by atoms with Crippen molar-refractivity contribution in [3.8, 4) is 11.8 Å². The fourth-order valence-electron chi connectivity index (χ4n) is 1.64. The molecule has 0 spiro atoms. The molecule has 16 heavy (non-hydrogen) atoms. The molecule has 1 aromatic carbocycles. The maximum absolute atomic E-state index is 11.6. The summed E-state index contributed by atoms with van der Waals surface area (Å²) in [6.07, 6.45) is 2.36. The van der Waals surface area contributed by atoms with Crippen molar-refractivity contribution in [2.45, 2.75) is 40.0 Å². The third kappa shape index (κ3) is 3.24. The lowest BCUT2D eigenvalue weighted by molar-refractivity contribution is 0.0988. The quantitative estimate of drug-likeness (QED) is 0.553. The molecule has 0 amide bonds. The van der Waals surface area contributed by atoms with Crippen molar-refractivity contribution in [1.29, 1.82) is 0 Å². The molecule has 1 aromatic rings. The number of hydrogen-bond acceptors (Lipinski definition) is 1. The maximum Gasteiger partial charge on any atom is 0.162 e. The summed E-state index contributed by atoms with van der Waals surface area (Å²) in [5.41, 5.74) is 3.31. The van der Waals surface area contributed by atoms with E-state index in [2.05, 4.69) is 18.8 Å². The molecule has 0 fully saturated rings. The van der Waals surface area contributed by atoms with Crippen LogP contribution in [0.1, 0.15) is 48.2 Å². The van der Waals surface area contributed by atoms with E-state index in [9.17, 15) is 4.79 Å². The SMILES string of the molecule is CC#CCCc1cc(C(=O)CC)ccc1C. The third-order valence-electron chi connectivity index (χ3n) is 2.69. The maximum atomic E-state index is 11.6. The van der Waals surface area contributed by atoms with Crippen LogP contribution in [-0.4, -0.2) is 5.78 Å². The average molecular weight is 214 g/mol. The van der Waals surface area contributed by atoms with Crippen LogP contribution < -0.4 is 0 Å². The van der Waals surface area contributed by atoms with Gasteiger partial charge in [-0.05, 0) is 37.5 Å². The van der Waals surface area contributed by atoms with Crippen molar-refractivity contribution >= 4 is 5.78 Å². The Morgan fingerprint density at radius 3 is 2.75 bits per heavy atom. The van der Waals surface area contributed by atoms with Gasteiger partial charge >= 0.3 is 0 Å². The molecular formula is C15H18O. The van der Waals surface area contributed by atoms with Crippen LogP contribution in [0, 0.1) is 18.8 Å². The normalized spacial score (nSPS) is 9.44. The third-order valence-corrected chi connectivity index (χ3v) is 2.69. The van der Waals surface area contributed by atoms with E-state index >= 15 is 0 Å². The zero-order valence-electron chi connectivity index (χ0n) is 10.3. The zero-order chi connectivity index (χ0) is 12.0. The van der Waals surface area contributed by atoms with E-state index in [1.165, 1.54) is 11.1 Å². The highest BCUT2D eigenvalue weighted by molar-refractivity contribution is 5.96. The molecule has 1 rings (SSSR count). The smallest absolute Gasteiger partial charge is 0.162 e. The minimum absolute atomic E-state index is 0.211. The lowest BCUT2D eigenvalue weighted by atomic mass is 9.98. The number of rotatable bonds is 4. The van der Waals surface area contributed by atoms with Crippen LogP contribution in [0.25, 0.3) is 0 Å². The van der Waals surface area contributed by atoms with Gasteiger partial charge < -0.3 is 0 Å². The number of aryl methyl sites for hydroxylation is 2. The highest BCUT2D eigenvalue weighted by atomic mass is 16.1. The van der Waals surface area contributed by atoms with Crippen molar-refractivity contribution in [2.24, 2.45) is 0 Å². The van der Waals surface area contributed by atoms with Gasteiger partial charge in [-0.25, -0.2) is 0 Å². The van der Waals surface area contributed by atoms with Gasteiger partial charge in [-0.15, -0.1) is 11.8 Å². The summed E-state index contributed by atoms with van der Waals surface area (Å²) in [5.74, 6) is 6.15. The Hall–Kier alpha value is -1.55. The largest absolute Gasteiger partial charge is 0.294 e. The highest BCUT2D eigenvalue weighted by Gasteiger charge is 2.05. The van der Waals surface area contributed by atoms with Crippen LogP contribution in [0.5, 0.6) is 0 Å². The number of carbonyl (C=O) groups excluding carboxylic acids is 1. The molecule has 0 unspecified atom stereocenters. The van der Waals surface area contributed by atoms with Crippen LogP contribution >= 0.6 is 0 Å². The minimum Gasteiger partial charge on any atom is -0.294 e. The first-order valence-electron chi connectivity index (χ1n) is 5.71. The van der Waals surface area contributed by atoms with Gasteiger partial charge in [0, 0.05) is 18.4 Å². The fraction of sp³-hybridized carbons (Fsp3) is 0.400. The molecule has 0 saturated carbocycles. The predicted octanol–water partition coefficient (Wildman–Crippen LogP) is 3.54. The van der Waals surface area contributed by atoms with E-state index in [4.69, 9.17) is 0 Å². The summed E-state index contributed by atoms with van der Waals surface area (Å²) >= 11 is 0. The molecule has 0 radical (unpaired) electrons. The molecular weight excluding hydrogens is 196 g/mol. The van der Waals surface area contributed by atoms with Gasteiger partial charge in [0.2, 0.25) is 0 Å². The van der Waals surface area contributed by atoms with Crippen molar-refractivity contribution in [3.05, 3.63) is 34.9 Å². The first-order chi connectivity index (χ1) is 7.69. The number of hydrogen-bond donors (Lipinski definition) is 0. The summed E-state index contributed by atoms with van der Waals surface area (Å²) in [6.45, 7) is 5.82. The fourth-order valence-corrected chi connectivity index (χ4v) is 1.64.